The summed E-state index contributed by atoms with van der Waals surface area (Å²) in [4.78, 5) is 24.2. The molecule has 0 radical (unpaired) electrons. The van der Waals surface area contributed by atoms with Crippen molar-refractivity contribution in [2.75, 3.05) is 20.2 Å². The van der Waals surface area contributed by atoms with Gasteiger partial charge in [-0.1, -0.05) is 12.1 Å². The van der Waals surface area contributed by atoms with Crippen LogP contribution < -0.4 is 10.1 Å². The number of rotatable bonds is 5. The highest BCUT2D eigenvalue weighted by atomic mass is 16.5. The van der Waals surface area contributed by atoms with Crippen molar-refractivity contribution >= 4 is 5.91 Å². The van der Waals surface area contributed by atoms with E-state index in [1.165, 1.54) is 5.56 Å². The topological polar surface area (TPSA) is 67.3 Å². The Labute approximate surface area is 160 Å². The van der Waals surface area contributed by atoms with Crippen molar-refractivity contribution in [3.63, 3.8) is 0 Å². The number of benzene rings is 1. The van der Waals surface area contributed by atoms with Gasteiger partial charge in [-0.15, -0.1) is 0 Å². The van der Waals surface area contributed by atoms with Crippen molar-refractivity contribution in [1.82, 2.24) is 20.2 Å². The summed E-state index contributed by atoms with van der Waals surface area (Å²) in [6.45, 7) is 2.59. The van der Waals surface area contributed by atoms with Crippen LogP contribution in [-0.2, 0) is 24.2 Å². The molecule has 1 fully saturated rings. The molecule has 0 aliphatic carbocycles. The standard InChI is InChI=1S/C21H26N4O2/c1-27-17-7-4-15(5-8-17)6-9-20(26)25-12-2-3-19(25)21-23-14-16-13-22-11-10-18(16)24-21/h4-5,7-8,14,19,22H,2-3,6,9-13H2,1H3/t19-/m1/s1. The highest BCUT2D eigenvalue weighted by Gasteiger charge is 2.32. The number of aromatic nitrogens is 2. The van der Waals surface area contributed by atoms with E-state index in [-0.39, 0.29) is 11.9 Å². The number of nitrogens with zero attached hydrogens (tertiary/aromatic N) is 3. The largest absolute Gasteiger partial charge is 0.497 e. The van der Waals surface area contributed by atoms with Crippen LogP contribution in [0, 0.1) is 0 Å². The number of carbonyl (C=O) groups is 1. The first-order chi connectivity index (χ1) is 13.2. The summed E-state index contributed by atoms with van der Waals surface area (Å²) in [5.74, 6) is 1.84. The highest BCUT2D eigenvalue weighted by Crippen LogP contribution is 2.31. The molecule has 1 aromatic carbocycles. The number of carbonyl (C=O) groups excluding carboxylic acids is 1. The zero-order chi connectivity index (χ0) is 18.6. The molecular weight excluding hydrogens is 340 g/mol. The second kappa shape index (κ2) is 8.05. The third kappa shape index (κ3) is 3.95. The number of methoxy groups -OCH3 is 1. The summed E-state index contributed by atoms with van der Waals surface area (Å²) in [7, 11) is 1.66. The molecule has 2 aliphatic rings. The van der Waals surface area contributed by atoms with Gasteiger partial charge in [0.15, 0.2) is 5.82 Å². The van der Waals surface area contributed by atoms with Crippen molar-refractivity contribution in [2.24, 2.45) is 0 Å². The maximum absolute atomic E-state index is 12.8. The Hall–Kier alpha value is -2.47. The lowest BCUT2D eigenvalue weighted by atomic mass is 10.1. The number of fused-ring (bicyclic) bond motifs is 1. The Morgan fingerprint density at radius 1 is 1.33 bits per heavy atom. The molecule has 27 heavy (non-hydrogen) atoms. The van der Waals surface area contributed by atoms with Gasteiger partial charge in [-0.2, -0.15) is 0 Å². The smallest absolute Gasteiger partial charge is 0.223 e. The second-order valence-electron chi connectivity index (χ2n) is 7.22. The number of hydrogen-bond donors (Lipinski definition) is 1. The minimum atomic E-state index is 0.0218. The monoisotopic (exact) mass is 366 g/mol. The Kier molecular flexibility index (Phi) is 5.34. The first-order valence-corrected chi connectivity index (χ1v) is 9.72. The molecule has 0 bridgehead atoms. The fraction of sp³-hybridized carbons (Fsp3) is 0.476. The van der Waals surface area contributed by atoms with Crippen molar-refractivity contribution in [2.45, 2.75) is 44.7 Å². The van der Waals surface area contributed by atoms with Gasteiger partial charge in [-0.05, 0) is 37.0 Å². The highest BCUT2D eigenvalue weighted by molar-refractivity contribution is 5.77. The SMILES string of the molecule is COc1ccc(CCC(=O)N2CCC[C@@H]2c2ncc3c(n2)CCNC3)cc1. The molecule has 3 heterocycles. The van der Waals surface area contributed by atoms with Crippen LogP contribution in [0.15, 0.2) is 30.5 Å². The quantitative estimate of drug-likeness (QED) is 0.880. The van der Waals surface area contributed by atoms with E-state index in [9.17, 15) is 4.79 Å². The van der Waals surface area contributed by atoms with Gasteiger partial charge in [0, 0.05) is 49.9 Å². The lowest BCUT2D eigenvalue weighted by Gasteiger charge is -2.25. The molecule has 0 unspecified atom stereocenters. The van der Waals surface area contributed by atoms with E-state index >= 15 is 0 Å². The lowest BCUT2D eigenvalue weighted by Crippen LogP contribution is -2.32. The Balaban J connectivity index is 1.42. The van der Waals surface area contributed by atoms with Gasteiger partial charge in [-0.3, -0.25) is 4.79 Å². The fourth-order valence-corrected chi connectivity index (χ4v) is 3.93. The second-order valence-corrected chi connectivity index (χ2v) is 7.22. The van der Waals surface area contributed by atoms with Crippen LogP contribution in [0.2, 0.25) is 0 Å². The van der Waals surface area contributed by atoms with Gasteiger partial charge in [0.2, 0.25) is 5.91 Å². The summed E-state index contributed by atoms with van der Waals surface area (Å²) < 4.78 is 5.19. The van der Waals surface area contributed by atoms with Crippen LogP contribution in [0.1, 0.15) is 47.9 Å². The number of nitrogens with one attached hydrogen (secondary N) is 1. The number of likely N-dealkylation sites (tertiary alicyclic amines) is 1. The van der Waals surface area contributed by atoms with E-state index in [4.69, 9.17) is 9.72 Å². The van der Waals surface area contributed by atoms with Crippen molar-refractivity contribution < 1.29 is 9.53 Å². The van der Waals surface area contributed by atoms with Gasteiger partial charge in [0.1, 0.15) is 5.75 Å². The van der Waals surface area contributed by atoms with Gasteiger partial charge in [0.25, 0.3) is 0 Å². The van der Waals surface area contributed by atoms with Crippen LogP contribution >= 0.6 is 0 Å². The predicted molar refractivity (Wildman–Crippen MR) is 102 cm³/mol. The molecule has 1 amide bonds. The van der Waals surface area contributed by atoms with E-state index in [1.807, 2.05) is 35.4 Å². The van der Waals surface area contributed by atoms with Crippen LogP contribution in [0.5, 0.6) is 5.75 Å². The molecule has 4 rings (SSSR count). The summed E-state index contributed by atoms with van der Waals surface area (Å²) in [5, 5.41) is 3.34. The van der Waals surface area contributed by atoms with Gasteiger partial charge < -0.3 is 15.0 Å². The molecule has 1 atom stereocenters. The van der Waals surface area contributed by atoms with E-state index in [2.05, 4.69) is 10.3 Å². The van der Waals surface area contributed by atoms with E-state index in [0.29, 0.717) is 6.42 Å². The summed E-state index contributed by atoms with van der Waals surface area (Å²) in [6.07, 6.45) is 6.08. The molecule has 2 aliphatic heterocycles. The molecule has 2 aromatic rings. The van der Waals surface area contributed by atoms with Gasteiger partial charge in [-0.25, -0.2) is 9.97 Å². The number of amides is 1. The minimum Gasteiger partial charge on any atom is -0.497 e. The fourth-order valence-electron chi connectivity index (χ4n) is 3.93. The first-order valence-electron chi connectivity index (χ1n) is 9.72. The molecule has 0 saturated carbocycles. The summed E-state index contributed by atoms with van der Waals surface area (Å²) in [5.41, 5.74) is 3.47. The van der Waals surface area contributed by atoms with Crippen LogP contribution in [0.4, 0.5) is 0 Å². The molecule has 1 aromatic heterocycles. The average Bonchev–Trinajstić information content (AvgIpc) is 3.22. The minimum absolute atomic E-state index is 0.0218. The predicted octanol–water partition coefficient (Wildman–Crippen LogP) is 2.43. The van der Waals surface area contributed by atoms with Crippen LogP contribution in [0.3, 0.4) is 0 Å². The van der Waals surface area contributed by atoms with E-state index in [1.54, 1.807) is 7.11 Å². The molecule has 1 N–H and O–H groups in total. The number of ether oxygens (including phenoxy) is 1. The zero-order valence-corrected chi connectivity index (χ0v) is 15.8. The normalized spacial score (nSPS) is 19.0. The van der Waals surface area contributed by atoms with Crippen LogP contribution in [0.25, 0.3) is 0 Å². The summed E-state index contributed by atoms with van der Waals surface area (Å²) >= 11 is 0. The van der Waals surface area contributed by atoms with E-state index in [0.717, 1.165) is 68.1 Å². The third-order valence-corrected chi connectivity index (χ3v) is 5.48. The van der Waals surface area contributed by atoms with Crippen molar-refractivity contribution in [3.05, 3.63) is 53.1 Å². The maximum atomic E-state index is 12.8. The molecule has 0 spiro atoms. The Bertz CT molecular complexity index is 806. The molecule has 6 heteroatoms. The number of aryl methyl sites for hydroxylation is 1. The van der Waals surface area contributed by atoms with Gasteiger partial charge in [0.05, 0.1) is 13.2 Å². The van der Waals surface area contributed by atoms with Crippen LogP contribution in [-0.4, -0.2) is 41.0 Å². The average molecular weight is 366 g/mol. The maximum Gasteiger partial charge on any atom is 0.223 e. The first kappa shape index (κ1) is 17.9. The zero-order valence-electron chi connectivity index (χ0n) is 15.8. The molecule has 6 nitrogen and oxygen atoms in total. The Morgan fingerprint density at radius 3 is 3.00 bits per heavy atom. The summed E-state index contributed by atoms with van der Waals surface area (Å²) in [6, 6.07) is 7.94. The molecular formula is C21H26N4O2. The number of hydrogen-bond acceptors (Lipinski definition) is 5. The van der Waals surface area contributed by atoms with Gasteiger partial charge >= 0.3 is 0 Å². The lowest BCUT2D eigenvalue weighted by molar-refractivity contribution is -0.132. The van der Waals surface area contributed by atoms with E-state index < -0.39 is 0 Å². The van der Waals surface area contributed by atoms with Crippen molar-refractivity contribution in [3.8, 4) is 5.75 Å². The Morgan fingerprint density at radius 2 is 2.19 bits per heavy atom. The molecule has 1 saturated heterocycles. The molecule has 142 valence electrons. The van der Waals surface area contributed by atoms with Crippen molar-refractivity contribution in [1.29, 1.82) is 0 Å². The third-order valence-electron chi connectivity index (χ3n) is 5.48.